The largest absolute Gasteiger partial charge is 0.357 e. The van der Waals surface area contributed by atoms with Crippen molar-refractivity contribution in [3.8, 4) is 6.07 Å². The fourth-order valence-corrected chi connectivity index (χ4v) is 2.95. The van der Waals surface area contributed by atoms with Crippen LogP contribution in [0.25, 0.3) is 0 Å². The third kappa shape index (κ3) is 3.53. The Balaban J connectivity index is 2.29. The molecule has 0 radical (unpaired) electrons. The van der Waals surface area contributed by atoms with Crippen LogP contribution < -0.4 is 10.6 Å². The molecular weight excluding hydrogens is 316 g/mol. The van der Waals surface area contributed by atoms with Crippen LogP contribution in [0.4, 0.5) is 8.78 Å². The molecule has 0 aliphatic heterocycles. The van der Waals surface area contributed by atoms with Gasteiger partial charge in [-0.3, -0.25) is 9.59 Å². The molecule has 0 heterocycles. The maximum absolute atomic E-state index is 13.5. The summed E-state index contributed by atoms with van der Waals surface area (Å²) in [5.74, 6) is -3.27. The molecule has 7 heteroatoms. The maximum Gasteiger partial charge on any atom is 0.246 e. The zero-order chi connectivity index (χ0) is 17.7. The summed E-state index contributed by atoms with van der Waals surface area (Å²) in [6.45, 7) is 0. The number of hydrogen-bond donors (Lipinski definition) is 2. The fourth-order valence-electron chi connectivity index (χ4n) is 2.95. The smallest absolute Gasteiger partial charge is 0.246 e. The van der Waals surface area contributed by atoms with Crippen molar-refractivity contribution in [2.75, 3.05) is 7.05 Å². The molecule has 0 aromatic heterocycles. The first kappa shape index (κ1) is 17.9. The number of nitrogens with one attached hydrogen (secondary N) is 2. The normalized spacial score (nSPS) is 17.4. The predicted molar refractivity (Wildman–Crippen MR) is 82.4 cm³/mol. The summed E-state index contributed by atoms with van der Waals surface area (Å²) in [6, 6.07) is 3.88. The number of nitrogens with zero attached hydrogens (tertiary/aromatic N) is 1. The van der Waals surface area contributed by atoms with Gasteiger partial charge in [0.1, 0.15) is 11.5 Å². The van der Waals surface area contributed by atoms with E-state index in [2.05, 4.69) is 16.7 Å². The molecule has 2 N–H and O–H groups in total. The molecule has 0 saturated heterocycles. The average Bonchev–Trinajstić information content (AvgIpc) is 2.61. The lowest BCUT2D eigenvalue weighted by Crippen LogP contribution is -2.46. The number of amides is 2. The molecule has 24 heavy (non-hydrogen) atoms. The van der Waals surface area contributed by atoms with Crippen molar-refractivity contribution in [2.45, 2.75) is 38.1 Å². The SMILES string of the molecule is CNC(=O)C(NC(=O)C1(C#N)CCCCC1)c1ccc(F)c(F)c1. The van der Waals surface area contributed by atoms with E-state index in [1.165, 1.54) is 13.1 Å². The van der Waals surface area contributed by atoms with Crippen LogP contribution in [-0.4, -0.2) is 18.9 Å². The van der Waals surface area contributed by atoms with E-state index in [9.17, 15) is 23.6 Å². The average molecular weight is 335 g/mol. The number of nitriles is 1. The molecule has 5 nitrogen and oxygen atoms in total. The molecule has 1 saturated carbocycles. The van der Waals surface area contributed by atoms with Crippen LogP contribution in [-0.2, 0) is 9.59 Å². The predicted octanol–water partition coefficient (Wildman–Crippen LogP) is 2.34. The second kappa shape index (κ2) is 7.39. The molecule has 0 bridgehead atoms. The number of carbonyl (C=O) groups is 2. The van der Waals surface area contributed by atoms with Crippen molar-refractivity contribution >= 4 is 11.8 Å². The summed E-state index contributed by atoms with van der Waals surface area (Å²) in [5, 5.41) is 14.4. The first-order chi connectivity index (χ1) is 11.4. The maximum atomic E-state index is 13.5. The van der Waals surface area contributed by atoms with Crippen LogP contribution >= 0.6 is 0 Å². The molecule has 1 unspecified atom stereocenters. The van der Waals surface area contributed by atoms with Crippen LogP contribution in [0, 0.1) is 28.4 Å². The molecule has 1 aliphatic rings. The monoisotopic (exact) mass is 335 g/mol. The zero-order valence-electron chi connectivity index (χ0n) is 13.4. The van der Waals surface area contributed by atoms with Gasteiger partial charge < -0.3 is 10.6 Å². The van der Waals surface area contributed by atoms with E-state index in [0.29, 0.717) is 12.8 Å². The minimum atomic E-state index is -1.19. The molecule has 1 aliphatic carbocycles. The number of likely N-dealkylation sites (N-methyl/N-ethyl adjacent to an activating group) is 1. The van der Waals surface area contributed by atoms with Gasteiger partial charge in [0.2, 0.25) is 11.8 Å². The van der Waals surface area contributed by atoms with Crippen LogP contribution in [0.2, 0.25) is 0 Å². The first-order valence-corrected chi connectivity index (χ1v) is 7.82. The van der Waals surface area contributed by atoms with Crippen molar-refractivity contribution in [3.63, 3.8) is 0 Å². The van der Waals surface area contributed by atoms with Gasteiger partial charge in [0.25, 0.3) is 0 Å². The van der Waals surface area contributed by atoms with Gasteiger partial charge in [-0.25, -0.2) is 8.78 Å². The summed E-state index contributed by atoms with van der Waals surface area (Å²) in [5.41, 5.74) is -1.06. The minimum absolute atomic E-state index is 0.116. The Morgan fingerprint density at radius 1 is 1.21 bits per heavy atom. The zero-order valence-corrected chi connectivity index (χ0v) is 13.4. The van der Waals surface area contributed by atoms with Crippen molar-refractivity contribution in [1.29, 1.82) is 5.26 Å². The molecule has 2 amide bonds. The molecule has 1 aromatic rings. The van der Waals surface area contributed by atoms with E-state index >= 15 is 0 Å². The van der Waals surface area contributed by atoms with Gasteiger partial charge in [0, 0.05) is 7.05 Å². The molecule has 0 spiro atoms. The van der Waals surface area contributed by atoms with Crippen LogP contribution in [0.3, 0.4) is 0 Å². The van der Waals surface area contributed by atoms with Gasteiger partial charge in [0.05, 0.1) is 6.07 Å². The van der Waals surface area contributed by atoms with Crippen LogP contribution in [0.5, 0.6) is 0 Å². The number of hydrogen-bond acceptors (Lipinski definition) is 3. The number of benzene rings is 1. The van der Waals surface area contributed by atoms with E-state index in [4.69, 9.17) is 0 Å². The highest BCUT2D eigenvalue weighted by Crippen LogP contribution is 2.36. The van der Waals surface area contributed by atoms with Crippen molar-refractivity contribution in [1.82, 2.24) is 10.6 Å². The molecule has 1 fully saturated rings. The Bertz CT molecular complexity index is 679. The Hall–Kier alpha value is -2.49. The van der Waals surface area contributed by atoms with E-state index in [1.807, 2.05) is 0 Å². The van der Waals surface area contributed by atoms with Crippen LogP contribution in [0.15, 0.2) is 18.2 Å². The number of halogens is 2. The summed E-state index contributed by atoms with van der Waals surface area (Å²) in [4.78, 5) is 24.7. The van der Waals surface area contributed by atoms with Crippen molar-refractivity contribution < 1.29 is 18.4 Å². The lowest BCUT2D eigenvalue weighted by atomic mass is 9.74. The van der Waals surface area contributed by atoms with Gasteiger partial charge in [0.15, 0.2) is 11.6 Å². The van der Waals surface area contributed by atoms with Crippen molar-refractivity contribution in [2.24, 2.45) is 5.41 Å². The molecule has 1 aromatic carbocycles. The summed E-state index contributed by atoms with van der Waals surface area (Å²) in [6.07, 6.45) is 3.33. The van der Waals surface area contributed by atoms with E-state index in [0.717, 1.165) is 31.4 Å². The van der Waals surface area contributed by atoms with Gasteiger partial charge in [-0.15, -0.1) is 0 Å². The Kier molecular flexibility index (Phi) is 5.50. The van der Waals surface area contributed by atoms with Crippen molar-refractivity contribution in [3.05, 3.63) is 35.4 Å². The van der Waals surface area contributed by atoms with Gasteiger partial charge >= 0.3 is 0 Å². The summed E-state index contributed by atoms with van der Waals surface area (Å²) >= 11 is 0. The second-order valence-electron chi connectivity index (χ2n) is 5.95. The summed E-state index contributed by atoms with van der Waals surface area (Å²) < 4.78 is 26.6. The molecule has 1 atom stereocenters. The second-order valence-corrected chi connectivity index (χ2v) is 5.95. The highest BCUT2D eigenvalue weighted by atomic mass is 19.2. The highest BCUT2D eigenvalue weighted by Gasteiger charge is 2.41. The third-order valence-corrected chi connectivity index (χ3v) is 4.42. The van der Waals surface area contributed by atoms with Gasteiger partial charge in [-0.05, 0) is 30.5 Å². The fraction of sp³-hybridized carbons (Fsp3) is 0.471. The van der Waals surface area contributed by atoms with Gasteiger partial charge in [-0.2, -0.15) is 5.26 Å². The van der Waals surface area contributed by atoms with Crippen LogP contribution in [0.1, 0.15) is 43.7 Å². The standard InChI is InChI=1S/C17H19F2N3O2/c1-21-15(23)14(11-5-6-12(18)13(19)9-11)22-16(24)17(10-20)7-3-2-4-8-17/h5-6,9,14H,2-4,7-8H2,1H3,(H,21,23)(H,22,24). The lowest BCUT2D eigenvalue weighted by Gasteiger charge is -2.31. The minimum Gasteiger partial charge on any atom is -0.357 e. The number of rotatable bonds is 4. The van der Waals surface area contributed by atoms with E-state index in [1.54, 1.807) is 0 Å². The quantitative estimate of drug-likeness (QED) is 0.886. The van der Waals surface area contributed by atoms with Gasteiger partial charge in [-0.1, -0.05) is 25.3 Å². The Morgan fingerprint density at radius 2 is 1.88 bits per heavy atom. The Labute approximate surface area is 139 Å². The Morgan fingerprint density at radius 3 is 2.42 bits per heavy atom. The lowest BCUT2D eigenvalue weighted by molar-refractivity contribution is -0.134. The highest BCUT2D eigenvalue weighted by molar-refractivity contribution is 5.92. The molecule has 2 rings (SSSR count). The van der Waals surface area contributed by atoms with E-state index in [-0.39, 0.29) is 5.56 Å². The third-order valence-electron chi connectivity index (χ3n) is 4.42. The summed E-state index contributed by atoms with van der Waals surface area (Å²) in [7, 11) is 1.38. The molecular formula is C17H19F2N3O2. The molecule has 128 valence electrons. The number of carbonyl (C=O) groups excluding carboxylic acids is 2. The topological polar surface area (TPSA) is 82.0 Å². The van der Waals surface area contributed by atoms with E-state index < -0.39 is 34.9 Å². The first-order valence-electron chi connectivity index (χ1n) is 7.82.